The molecule has 4 N–H and O–H groups in total. The monoisotopic (exact) mass is 318 g/mol. The van der Waals surface area contributed by atoms with E-state index in [0.29, 0.717) is 0 Å². The highest BCUT2D eigenvalue weighted by Crippen LogP contribution is 2.22. The second-order valence-corrected chi connectivity index (χ2v) is 5.46. The summed E-state index contributed by atoms with van der Waals surface area (Å²) in [5.74, 6) is -1.70. The molecule has 0 aromatic heterocycles. The molecule has 21 heavy (non-hydrogen) atoms. The maximum Gasteiger partial charge on any atom is 0.339 e. The minimum atomic E-state index is -4.16. The highest BCUT2D eigenvalue weighted by molar-refractivity contribution is 7.85. The average molecular weight is 318 g/mol. The molecule has 0 aliphatic rings. The third-order valence-electron chi connectivity index (χ3n) is 2.33. The number of benzene rings is 1. The summed E-state index contributed by atoms with van der Waals surface area (Å²) in [6, 6.07) is 3.26. The SMILES string of the molecule is COc1ccc(NC(=O)NCCS(=O)(=O)O)cc1C(=O)O. The quantitative estimate of drug-likeness (QED) is 0.556. The first-order chi connectivity index (χ1) is 9.73. The third kappa shape index (κ3) is 5.67. The topological polar surface area (TPSA) is 142 Å². The molecule has 116 valence electrons. The van der Waals surface area contributed by atoms with E-state index in [1.54, 1.807) is 0 Å². The van der Waals surface area contributed by atoms with Crippen LogP contribution in [0, 0.1) is 0 Å². The minimum absolute atomic E-state index is 0.131. The molecular weight excluding hydrogens is 304 g/mol. The van der Waals surface area contributed by atoms with Crippen molar-refractivity contribution in [2.75, 3.05) is 24.7 Å². The van der Waals surface area contributed by atoms with Crippen LogP contribution in [-0.2, 0) is 10.1 Å². The Bertz CT molecular complexity index is 642. The van der Waals surface area contributed by atoms with Crippen molar-refractivity contribution in [1.82, 2.24) is 5.32 Å². The van der Waals surface area contributed by atoms with Gasteiger partial charge in [-0.3, -0.25) is 4.55 Å². The van der Waals surface area contributed by atoms with Crippen LogP contribution < -0.4 is 15.4 Å². The van der Waals surface area contributed by atoms with Crippen LogP contribution in [0.15, 0.2) is 18.2 Å². The van der Waals surface area contributed by atoms with Gasteiger partial charge in [0.2, 0.25) is 0 Å². The number of ether oxygens (including phenoxy) is 1. The summed E-state index contributed by atoms with van der Waals surface area (Å²) in [7, 11) is -2.84. The summed E-state index contributed by atoms with van der Waals surface area (Å²) in [5.41, 5.74) is 0.0609. The van der Waals surface area contributed by atoms with Crippen molar-refractivity contribution < 1.29 is 32.4 Å². The van der Waals surface area contributed by atoms with Gasteiger partial charge in [0.05, 0.1) is 12.9 Å². The molecular formula is C11H14N2O7S. The third-order valence-corrected chi connectivity index (χ3v) is 3.05. The highest BCUT2D eigenvalue weighted by Gasteiger charge is 2.13. The number of methoxy groups -OCH3 is 1. The number of aromatic carboxylic acids is 1. The van der Waals surface area contributed by atoms with E-state index in [2.05, 4.69) is 10.6 Å². The number of rotatable bonds is 6. The van der Waals surface area contributed by atoms with Crippen molar-refractivity contribution in [3.8, 4) is 5.75 Å². The van der Waals surface area contributed by atoms with Crippen molar-refractivity contribution in [3.05, 3.63) is 23.8 Å². The van der Waals surface area contributed by atoms with Crippen LogP contribution in [0.1, 0.15) is 10.4 Å². The standard InChI is InChI=1S/C11H14N2O7S/c1-20-9-3-2-7(6-8(9)10(14)15)13-11(16)12-4-5-21(17,18)19/h2-3,6H,4-5H2,1H3,(H,14,15)(H2,12,13,16)(H,17,18,19). The Morgan fingerprint density at radius 3 is 2.52 bits per heavy atom. The Kier molecular flexibility index (Phi) is 5.50. The van der Waals surface area contributed by atoms with Crippen molar-refractivity contribution >= 4 is 27.8 Å². The molecule has 0 radical (unpaired) electrons. The van der Waals surface area contributed by atoms with Crippen molar-refractivity contribution in [2.45, 2.75) is 0 Å². The molecule has 0 aliphatic carbocycles. The smallest absolute Gasteiger partial charge is 0.339 e. The lowest BCUT2D eigenvalue weighted by molar-refractivity contribution is 0.0693. The van der Waals surface area contributed by atoms with Gasteiger partial charge in [0.1, 0.15) is 11.3 Å². The fraction of sp³-hybridized carbons (Fsp3) is 0.273. The summed E-state index contributed by atoms with van der Waals surface area (Å²) >= 11 is 0. The summed E-state index contributed by atoms with van der Waals surface area (Å²) < 4.78 is 34.3. The van der Waals surface area contributed by atoms with Crippen LogP contribution in [0.2, 0.25) is 0 Å². The number of amides is 2. The molecule has 0 unspecified atom stereocenters. The highest BCUT2D eigenvalue weighted by atomic mass is 32.2. The van der Waals surface area contributed by atoms with Gasteiger partial charge in [-0.05, 0) is 18.2 Å². The lowest BCUT2D eigenvalue weighted by Crippen LogP contribution is -2.32. The molecule has 9 nitrogen and oxygen atoms in total. The molecule has 0 atom stereocenters. The van der Waals surface area contributed by atoms with E-state index in [1.165, 1.54) is 25.3 Å². The van der Waals surface area contributed by atoms with Gasteiger partial charge in [0.15, 0.2) is 0 Å². The van der Waals surface area contributed by atoms with E-state index < -0.39 is 27.9 Å². The average Bonchev–Trinajstić information content (AvgIpc) is 2.37. The number of anilines is 1. The van der Waals surface area contributed by atoms with Crippen LogP contribution in [0.25, 0.3) is 0 Å². The second-order valence-electron chi connectivity index (χ2n) is 3.89. The zero-order valence-electron chi connectivity index (χ0n) is 11.0. The molecule has 0 aliphatic heterocycles. The molecule has 0 spiro atoms. The Hall–Kier alpha value is -2.33. The van der Waals surface area contributed by atoms with Gasteiger partial charge in [-0.1, -0.05) is 0 Å². The number of urea groups is 1. The predicted molar refractivity (Wildman–Crippen MR) is 73.4 cm³/mol. The largest absolute Gasteiger partial charge is 0.496 e. The molecule has 0 fully saturated rings. The number of hydrogen-bond acceptors (Lipinski definition) is 5. The fourth-order valence-electron chi connectivity index (χ4n) is 1.42. The van der Waals surface area contributed by atoms with Gasteiger partial charge >= 0.3 is 12.0 Å². The molecule has 2 amide bonds. The van der Waals surface area contributed by atoms with Crippen molar-refractivity contribution in [2.24, 2.45) is 0 Å². The summed E-state index contributed by atoms with van der Waals surface area (Å²) in [5, 5.41) is 13.5. The van der Waals surface area contributed by atoms with Gasteiger partial charge in [-0.2, -0.15) is 8.42 Å². The molecule has 0 heterocycles. The number of carboxylic acids is 1. The molecule has 0 bridgehead atoms. The van der Waals surface area contributed by atoms with Gasteiger partial charge in [-0.25, -0.2) is 9.59 Å². The summed E-state index contributed by atoms with van der Waals surface area (Å²) in [6.07, 6.45) is 0. The Morgan fingerprint density at radius 1 is 1.33 bits per heavy atom. The number of carbonyl (C=O) groups excluding carboxylic acids is 1. The molecule has 1 rings (SSSR count). The molecule has 1 aromatic rings. The lowest BCUT2D eigenvalue weighted by Gasteiger charge is -2.10. The van der Waals surface area contributed by atoms with E-state index in [4.69, 9.17) is 14.4 Å². The first-order valence-corrected chi connectivity index (χ1v) is 7.25. The maximum atomic E-state index is 11.5. The van der Waals surface area contributed by atoms with Gasteiger partial charge < -0.3 is 20.5 Å². The van der Waals surface area contributed by atoms with Gasteiger partial charge in [0, 0.05) is 12.2 Å². The molecule has 0 saturated heterocycles. The molecule has 1 aromatic carbocycles. The van der Waals surface area contributed by atoms with Crippen LogP contribution in [0.4, 0.5) is 10.5 Å². The van der Waals surface area contributed by atoms with Gasteiger partial charge in [-0.15, -0.1) is 0 Å². The van der Waals surface area contributed by atoms with E-state index >= 15 is 0 Å². The number of carboxylic acid groups (broad SMARTS) is 1. The molecule has 0 saturated carbocycles. The Morgan fingerprint density at radius 2 is 2.00 bits per heavy atom. The Labute approximate surface area is 120 Å². The zero-order valence-corrected chi connectivity index (χ0v) is 11.8. The predicted octanol–water partition coefficient (Wildman–Crippen LogP) is 0.403. The second kappa shape index (κ2) is 6.90. The van der Waals surface area contributed by atoms with E-state index in [1.807, 2.05) is 0 Å². The van der Waals surface area contributed by atoms with E-state index in [-0.39, 0.29) is 23.5 Å². The van der Waals surface area contributed by atoms with E-state index in [0.717, 1.165) is 0 Å². The van der Waals surface area contributed by atoms with Gasteiger partial charge in [0.25, 0.3) is 10.1 Å². The number of carbonyl (C=O) groups is 2. The Balaban J connectivity index is 2.68. The number of hydrogen-bond donors (Lipinski definition) is 4. The van der Waals surface area contributed by atoms with Crippen molar-refractivity contribution in [1.29, 1.82) is 0 Å². The van der Waals surface area contributed by atoms with Crippen LogP contribution in [0.5, 0.6) is 5.75 Å². The first-order valence-electron chi connectivity index (χ1n) is 5.64. The first kappa shape index (κ1) is 16.7. The van der Waals surface area contributed by atoms with Crippen molar-refractivity contribution in [3.63, 3.8) is 0 Å². The molecule has 10 heteroatoms. The van der Waals surface area contributed by atoms with Crippen LogP contribution in [0.3, 0.4) is 0 Å². The summed E-state index contributed by atoms with van der Waals surface area (Å²) in [6.45, 7) is -0.285. The maximum absolute atomic E-state index is 11.5. The van der Waals surface area contributed by atoms with Crippen LogP contribution in [-0.4, -0.2) is 49.5 Å². The normalized spacial score (nSPS) is 10.8. The number of nitrogens with one attached hydrogen (secondary N) is 2. The van der Waals surface area contributed by atoms with E-state index in [9.17, 15) is 18.0 Å². The summed E-state index contributed by atoms with van der Waals surface area (Å²) in [4.78, 5) is 22.5. The lowest BCUT2D eigenvalue weighted by atomic mass is 10.2. The fourth-order valence-corrected chi connectivity index (χ4v) is 1.78. The van der Waals surface area contributed by atoms with Crippen LogP contribution >= 0.6 is 0 Å². The zero-order chi connectivity index (χ0) is 16.0. The minimum Gasteiger partial charge on any atom is -0.496 e.